The van der Waals surface area contributed by atoms with Crippen molar-refractivity contribution in [1.82, 2.24) is 0 Å². The van der Waals surface area contributed by atoms with Gasteiger partial charge in [0.15, 0.2) is 0 Å². The van der Waals surface area contributed by atoms with E-state index in [2.05, 4.69) is 13.2 Å². The molecular weight excluding hydrogens is 288 g/mol. The van der Waals surface area contributed by atoms with Crippen LogP contribution in [0.4, 0.5) is 0 Å². The van der Waals surface area contributed by atoms with Gasteiger partial charge in [0.1, 0.15) is 0 Å². The van der Waals surface area contributed by atoms with Crippen molar-refractivity contribution in [2.24, 2.45) is 22.7 Å². The first-order valence-electron chi connectivity index (χ1n) is 7.61. The van der Waals surface area contributed by atoms with Gasteiger partial charge in [-0.15, -0.1) is 13.2 Å². The predicted octanol–water partition coefficient (Wildman–Crippen LogP) is 3.93. The molecule has 120 valence electrons. The summed E-state index contributed by atoms with van der Waals surface area (Å²) in [6.07, 6.45) is 17.9. The number of hydrogen-bond donors (Lipinski definition) is 0. The Balaban J connectivity index is 2.15. The van der Waals surface area contributed by atoms with Crippen LogP contribution >= 0.6 is 0 Å². The van der Waals surface area contributed by atoms with Crippen LogP contribution in [0.2, 0.25) is 0 Å². The van der Waals surface area contributed by atoms with Crippen molar-refractivity contribution in [2.45, 2.75) is 13.8 Å². The molecule has 0 amide bonds. The Labute approximate surface area is 137 Å². The summed E-state index contributed by atoms with van der Waals surface area (Å²) >= 11 is 0. The van der Waals surface area contributed by atoms with Crippen LogP contribution in [0.1, 0.15) is 13.8 Å². The average Bonchev–Trinajstić information content (AvgIpc) is 2.55. The third kappa shape index (κ3) is 3.19. The van der Waals surface area contributed by atoms with Gasteiger partial charge in [-0.3, -0.25) is 9.59 Å². The highest BCUT2D eigenvalue weighted by Crippen LogP contribution is 2.37. The molecule has 2 aliphatic rings. The minimum Gasteiger partial charge on any atom is -0.392 e. The fourth-order valence-corrected chi connectivity index (χ4v) is 2.78. The first-order chi connectivity index (χ1) is 10.9. The van der Waals surface area contributed by atoms with Crippen LogP contribution in [0.25, 0.3) is 0 Å². The van der Waals surface area contributed by atoms with Crippen molar-refractivity contribution in [2.75, 3.05) is 0 Å². The molecule has 2 rings (SSSR count). The molecule has 0 bridgehead atoms. The molecule has 2 aliphatic carbocycles. The van der Waals surface area contributed by atoms with E-state index in [4.69, 9.17) is 4.74 Å². The van der Waals surface area contributed by atoms with Gasteiger partial charge in [-0.05, 0) is 0 Å². The van der Waals surface area contributed by atoms with Gasteiger partial charge in [0.2, 0.25) is 0 Å². The number of allylic oxidation sites excluding steroid dienone is 8. The van der Waals surface area contributed by atoms with Crippen molar-refractivity contribution in [1.29, 1.82) is 0 Å². The van der Waals surface area contributed by atoms with Gasteiger partial charge < -0.3 is 4.74 Å². The number of esters is 2. The fraction of sp³-hybridized carbons (Fsp3) is 0.300. The van der Waals surface area contributed by atoms with Crippen LogP contribution < -0.4 is 0 Å². The van der Waals surface area contributed by atoms with Crippen molar-refractivity contribution in [3.63, 3.8) is 0 Å². The third-order valence-electron chi connectivity index (χ3n) is 4.67. The molecule has 3 heteroatoms. The zero-order chi connectivity index (χ0) is 17.1. The van der Waals surface area contributed by atoms with Crippen LogP contribution in [0.3, 0.4) is 0 Å². The van der Waals surface area contributed by atoms with Gasteiger partial charge in [-0.1, -0.05) is 74.6 Å². The molecule has 3 nitrogen and oxygen atoms in total. The van der Waals surface area contributed by atoms with E-state index in [-0.39, 0.29) is 0 Å². The summed E-state index contributed by atoms with van der Waals surface area (Å²) in [4.78, 5) is 25.0. The highest BCUT2D eigenvalue weighted by Gasteiger charge is 2.40. The first kappa shape index (κ1) is 16.9. The minimum absolute atomic E-state index is 0.559. The fourth-order valence-electron chi connectivity index (χ4n) is 2.78. The highest BCUT2D eigenvalue weighted by molar-refractivity contribution is 5.91. The van der Waals surface area contributed by atoms with Gasteiger partial charge in [-0.25, -0.2) is 0 Å². The zero-order valence-electron chi connectivity index (χ0n) is 13.6. The lowest BCUT2D eigenvalue weighted by atomic mass is 9.73. The second-order valence-electron chi connectivity index (χ2n) is 6.32. The second-order valence-corrected chi connectivity index (χ2v) is 6.32. The van der Waals surface area contributed by atoms with Gasteiger partial charge in [0, 0.05) is 10.8 Å². The molecule has 0 aromatic carbocycles. The van der Waals surface area contributed by atoms with Gasteiger partial charge >= 0.3 is 11.9 Å². The smallest absolute Gasteiger partial charge is 0.321 e. The second kappa shape index (κ2) is 6.37. The van der Waals surface area contributed by atoms with Crippen LogP contribution in [0.5, 0.6) is 0 Å². The lowest BCUT2D eigenvalue weighted by Crippen LogP contribution is -2.37. The number of carbonyl (C=O) groups excluding carboxylic acids is 2. The van der Waals surface area contributed by atoms with E-state index in [9.17, 15) is 9.59 Å². The lowest BCUT2D eigenvalue weighted by Gasteiger charge is -2.32. The SMILES string of the molecule is C=CC1(C)C=CC=CC1C(=O)OC(=O)C1C=CC=CC1(C)C=C. The molecule has 0 aliphatic heterocycles. The average molecular weight is 310 g/mol. The van der Waals surface area contributed by atoms with Crippen molar-refractivity contribution in [3.05, 3.63) is 73.9 Å². The van der Waals surface area contributed by atoms with E-state index in [1.807, 2.05) is 38.2 Å². The molecule has 0 saturated carbocycles. The lowest BCUT2D eigenvalue weighted by molar-refractivity contribution is -0.166. The van der Waals surface area contributed by atoms with Gasteiger partial charge in [0.05, 0.1) is 11.8 Å². The Hall–Kier alpha value is -2.42. The predicted molar refractivity (Wildman–Crippen MR) is 91.2 cm³/mol. The Morgan fingerprint density at radius 3 is 1.61 bits per heavy atom. The molecule has 0 spiro atoms. The van der Waals surface area contributed by atoms with Gasteiger partial charge in [-0.2, -0.15) is 0 Å². The maximum absolute atomic E-state index is 12.5. The van der Waals surface area contributed by atoms with E-state index in [1.54, 1.807) is 36.5 Å². The summed E-state index contributed by atoms with van der Waals surface area (Å²) in [5, 5.41) is 0. The van der Waals surface area contributed by atoms with Crippen molar-refractivity contribution >= 4 is 11.9 Å². The van der Waals surface area contributed by atoms with Gasteiger partial charge in [0.25, 0.3) is 0 Å². The topological polar surface area (TPSA) is 43.4 Å². The molecular formula is C20H22O3. The summed E-state index contributed by atoms with van der Waals surface area (Å²) in [5.41, 5.74) is -1.12. The Bertz CT molecular complexity index is 594. The van der Waals surface area contributed by atoms with Crippen LogP contribution in [-0.4, -0.2) is 11.9 Å². The molecule has 0 radical (unpaired) electrons. The molecule has 0 aromatic heterocycles. The summed E-state index contributed by atoms with van der Waals surface area (Å²) < 4.78 is 5.18. The Morgan fingerprint density at radius 1 is 0.870 bits per heavy atom. The number of rotatable bonds is 4. The van der Waals surface area contributed by atoms with E-state index < -0.39 is 34.6 Å². The quantitative estimate of drug-likeness (QED) is 0.449. The molecule has 0 aromatic rings. The van der Waals surface area contributed by atoms with Crippen LogP contribution in [0, 0.1) is 22.7 Å². The number of carbonyl (C=O) groups is 2. The maximum atomic E-state index is 12.5. The summed E-state index contributed by atoms with van der Waals surface area (Å²) in [7, 11) is 0. The van der Waals surface area contributed by atoms with Crippen molar-refractivity contribution in [3.8, 4) is 0 Å². The summed E-state index contributed by atoms with van der Waals surface area (Å²) in [6, 6.07) is 0. The standard InChI is InChI=1S/C20H22O3/c1-5-19(3)13-9-7-11-15(19)17(21)23-18(22)16-12-8-10-14-20(16,4)6-2/h5-16H,1-2H2,3-4H3. The molecule has 23 heavy (non-hydrogen) atoms. The van der Waals surface area contributed by atoms with E-state index >= 15 is 0 Å². The molecule has 4 atom stereocenters. The van der Waals surface area contributed by atoms with Crippen molar-refractivity contribution < 1.29 is 14.3 Å². The summed E-state index contributed by atoms with van der Waals surface area (Å²) in [5.74, 6) is -2.25. The van der Waals surface area contributed by atoms with Crippen LogP contribution in [-0.2, 0) is 14.3 Å². The Kier molecular flexibility index (Phi) is 4.69. The Morgan fingerprint density at radius 2 is 1.26 bits per heavy atom. The van der Waals surface area contributed by atoms with E-state index in [1.165, 1.54) is 0 Å². The molecule has 4 unspecified atom stereocenters. The summed E-state index contributed by atoms with van der Waals surface area (Å²) in [6.45, 7) is 11.3. The maximum Gasteiger partial charge on any atom is 0.321 e. The van der Waals surface area contributed by atoms with Crippen LogP contribution in [0.15, 0.2) is 73.9 Å². The normalized spacial score (nSPS) is 34.9. The molecule has 0 N–H and O–H groups in total. The van der Waals surface area contributed by atoms with E-state index in [0.717, 1.165) is 0 Å². The minimum atomic E-state index is -0.563. The zero-order valence-corrected chi connectivity index (χ0v) is 13.6. The molecule has 0 heterocycles. The van der Waals surface area contributed by atoms with E-state index in [0.29, 0.717) is 0 Å². The first-order valence-corrected chi connectivity index (χ1v) is 7.61. The number of hydrogen-bond acceptors (Lipinski definition) is 3. The molecule has 0 fully saturated rings. The third-order valence-corrected chi connectivity index (χ3v) is 4.67. The number of ether oxygens (including phenoxy) is 1. The monoisotopic (exact) mass is 310 g/mol. The molecule has 0 saturated heterocycles. The largest absolute Gasteiger partial charge is 0.392 e. The highest BCUT2D eigenvalue weighted by atomic mass is 16.6.